The lowest BCUT2D eigenvalue weighted by molar-refractivity contribution is 0.1000. The van der Waals surface area contributed by atoms with Crippen LogP contribution in [0.5, 0.6) is 0 Å². The number of primary amides is 1. The van der Waals surface area contributed by atoms with Gasteiger partial charge in [0, 0.05) is 5.56 Å². The molecule has 1 atom stereocenters. The highest BCUT2D eigenvalue weighted by Crippen LogP contribution is 2.32. The van der Waals surface area contributed by atoms with Crippen molar-refractivity contribution in [1.82, 2.24) is 19.5 Å². The number of nitrogens with two attached hydrogens (primary N) is 3. The summed E-state index contributed by atoms with van der Waals surface area (Å²) in [6, 6.07) is 10.5. The van der Waals surface area contributed by atoms with Crippen molar-refractivity contribution in [3.63, 3.8) is 0 Å². The Morgan fingerprint density at radius 1 is 1.18 bits per heavy atom. The van der Waals surface area contributed by atoms with Crippen molar-refractivity contribution in [3.05, 3.63) is 80.6 Å². The van der Waals surface area contributed by atoms with Gasteiger partial charge >= 0.3 is 0 Å². The van der Waals surface area contributed by atoms with Gasteiger partial charge in [0.1, 0.15) is 17.5 Å². The van der Waals surface area contributed by atoms with E-state index < -0.39 is 17.5 Å². The summed E-state index contributed by atoms with van der Waals surface area (Å²) < 4.78 is 1.32. The van der Waals surface area contributed by atoms with E-state index in [-0.39, 0.29) is 45.1 Å². The number of rotatable bonds is 5. The molecule has 0 aliphatic rings. The number of anilines is 3. The molecule has 4 aromatic rings. The monoisotopic (exact) mass is 475 g/mol. The molecule has 1 unspecified atom stereocenters. The summed E-state index contributed by atoms with van der Waals surface area (Å²) in [5.41, 5.74) is 17.4. The Labute approximate surface area is 198 Å². The van der Waals surface area contributed by atoms with Crippen molar-refractivity contribution in [2.24, 2.45) is 5.73 Å². The predicted octanol–water partition coefficient (Wildman–Crippen LogP) is 2.82. The molecule has 2 aromatic heterocycles. The van der Waals surface area contributed by atoms with Crippen molar-refractivity contribution in [2.45, 2.75) is 13.0 Å². The van der Waals surface area contributed by atoms with E-state index >= 15 is 0 Å². The van der Waals surface area contributed by atoms with E-state index in [0.717, 1.165) is 0 Å². The third-order valence-electron chi connectivity index (χ3n) is 5.04. The van der Waals surface area contributed by atoms with Crippen LogP contribution in [-0.2, 0) is 0 Å². The maximum absolute atomic E-state index is 13.6. The van der Waals surface area contributed by atoms with Gasteiger partial charge in [0.2, 0.25) is 11.9 Å². The molecule has 1 amide bonds. The first-order valence-electron chi connectivity index (χ1n) is 9.89. The second-order valence-corrected chi connectivity index (χ2v) is 7.71. The minimum atomic E-state index is -0.678. The summed E-state index contributed by atoms with van der Waals surface area (Å²) in [5.74, 6) is -0.507. The number of halogens is 1. The van der Waals surface area contributed by atoms with Crippen LogP contribution in [0, 0.1) is 6.57 Å². The van der Waals surface area contributed by atoms with Crippen molar-refractivity contribution < 1.29 is 4.79 Å². The summed E-state index contributed by atoms with van der Waals surface area (Å²) in [6.45, 7) is 9.12. The normalized spacial score (nSPS) is 11.7. The molecule has 0 saturated carbocycles. The van der Waals surface area contributed by atoms with Crippen molar-refractivity contribution in [1.29, 1.82) is 0 Å². The number of benzene rings is 2. The van der Waals surface area contributed by atoms with Gasteiger partial charge in [-0.2, -0.15) is 0 Å². The van der Waals surface area contributed by atoms with Crippen LogP contribution in [0.4, 0.5) is 23.3 Å². The standard InChI is InChI=1S/C22H18ClN9O2/c1-10(28-19-16(27-2)17(24)30-22(26)31-19)20-29-14-8-4-7-13(23)15(14)21(34)32(20)12-6-3-5-11(9-12)18(25)33/h3-10H,1H3,(H2,25,33)(H5,24,26,28,30,31). The van der Waals surface area contributed by atoms with Crippen molar-refractivity contribution in [2.75, 3.05) is 16.8 Å². The number of hydrogen-bond acceptors (Lipinski definition) is 8. The van der Waals surface area contributed by atoms with Gasteiger partial charge in [0.15, 0.2) is 0 Å². The van der Waals surface area contributed by atoms with Crippen LogP contribution in [0.3, 0.4) is 0 Å². The largest absolute Gasteiger partial charge is 0.392 e. The lowest BCUT2D eigenvalue weighted by atomic mass is 10.1. The molecule has 0 spiro atoms. The Morgan fingerprint density at radius 3 is 2.62 bits per heavy atom. The highest BCUT2D eigenvalue weighted by atomic mass is 35.5. The summed E-state index contributed by atoms with van der Waals surface area (Å²) in [5, 5.41) is 3.48. The second-order valence-electron chi connectivity index (χ2n) is 7.30. The van der Waals surface area contributed by atoms with Crippen molar-refractivity contribution in [3.8, 4) is 5.69 Å². The minimum absolute atomic E-state index is 0.0190. The van der Waals surface area contributed by atoms with Crippen LogP contribution >= 0.6 is 11.6 Å². The van der Waals surface area contributed by atoms with Crippen LogP contribution in [0.15, 0.2) is 47.3 Å². The molecule has 7 N–H and O–H groups in total. The Bertz CT molecular complexity index is 1560. The molecule has 0 bridgehead atoms. The van der Waals surface area contributed by atoms with E-state index in [1.165, 1.54) is 16.7 Å². The number of hydrogen-bond donors (Lipinski definition) is 4. The number of nitrogen functional groups attached to an aromatic ring is 2. The lowest BCUT2D eigenvalue weighted by Gasteiger charge is -2.21. The van der Waals surface area contributed by atoms with E-state index in [0.29, 0.717) is 11.2 Å². The summed E-state index contributed by atoms with van der Waals surface area (Å²) >= 11 is 6.32. The molecule has 0 radical (unpaired) electrons. The molecule has 0 saturated heterocycles. The molecular weight excluding hydrogens is 458 g/mol. The number of carbonyl (C=O) groups excluding carboxylic acids is 1. The van der Waals surface area contributed by atoms with Crippen LogP contribution in [0.1, 0.15) is 29.1 Å². The molecule has 2 aromatic carbocycles. The molecule has 0 aliphatic carbocycles. The fraction of sp³-hybridized carbons (Fsp3) is 0.0909. The lowest BCUT2D eigenvalue weighted by Crippen LogP contribution is -2.28. The van der Waals surface area contributed by atoms with Crippen molar-refractivity contribution >= 4 is 51.7 Å². The Balaban J connectivity index is 1.97. The second kappa shape index (κ2) is 8.68. The number of carbonyl (C=O) groups is 1. The van der Waals surface area contributed by atoms with Gasteiger partial charge in [-0.05, 0) is 37.3 Å². The van der Waals surface area contributed by atoms with Gasteiger partial charge < -0.3 is 22.5 Å². The zero-order chi connectivity index (χ0) is 24.6. The van der Waals surface area contributed by atoms with E-state index in [9.17, 15) is 9.59 Å². The summed E-state index contributed by atoms with van der Waals surface area (Å²) in [6.07, 6.45) is 0. The molecular formula is C22H18ClN9O2. The zero-order valence-electron chi connectivity index (χ0n) is 17.8. The number of fused-ring (bicyclic) bond motifs is 1. The molecule has 0 fully saturated rings. The van der Waals surface area contributed by atoms with Crippen LogP contribution in [-0.4, -0.2) is 25.4 Å². The quantitative estimate of drug-likeness (QED) is 0.319. The number of nitrogens with one attached hydrogen (secondary N) is 1. The molecule has 0 aliphatic heterocycles. The average molecular weight is 476 g/mol. The Morgan fingerprint density at radius 2 is 1.91 bits per heavy atom. The molecule has 4 rings (SSSR count). The number of aromatic nitrogens is 4. The first-order valence-corrected chi connectivity index (χ1v) is 10.3. The van der Waals surface area contributed by atoms with E-state index in [1.807, 2.05) is 0 Å². The molecule has 12 heteroatoms. The fourth-order valence-electron chi connectivity index (χ4n) is 3.52. The maximum atomic E-state index is 13.6. The molecule has 170 valence electrons. The average Bonchev–Trinajstić information content (AvgIpc) is 2.78. The highest BCUT2D eigenvalue weighted by molar-refractivity contribution is 6.35. The fourth-order valence-corrected chi connectivity index (χ4v) is 3.77. The first-order chi connectivity index (χ1) is 16.2. The third kappa shape index (κ3) is 3.94. The summed E-state index contributed by atoms with van der Waals surface area (Å²) in [4.78, 5) is 41.3. The van der Waals surface area contributed by atoms with Gasteiger partial charge in [-0.1, -0.05) is 23.7 Å². The van der Waals surface area contributed by atoms with Crippen LogP contribution < -0.4 is 28.1 Å². The minimum Gasteiger partial charge on any atom is -0.392 e. The van der Waals surface area contributed by atoms with E-state index in [4.69, 9.17) is 35.4 Å². The SMILES string of the molecule is [C-]#[N+]c1c(N)nc(N)nc1NC(C)c1nc2cccc(Cl)c2c(=O)n1-c1cccc(C(N)=O)c1. The summed E-state index contributed by atoms with van der Waals surface area (Å²) in [7, 11) is 0. The van der Waals surface area contributed by atoms with E-state index in [2.05, 4.69) is 25.1 Å². The van der Waals surface area contributed by atoms with Gasteiger partial charge in [-0.3, -0.25) is 14.2 Å². The highest BCUT2D eigenvalue weighted by Gasteiger charge is 2.22. The van der Waals surface area contributed by atoms with Gasteiger partial charge in [-0.25, -0.2) is 19.8 Å². The smallest absolute Gasteiger partial charge is 0.268 e. The Hall–Kier alpha value is -4.69. The molecule has 34 heavy (non-hydrogen) atoms. The van der Waals surface area contributed by atoms with Gasteiger partial charge in [-0.15, -0.1) is 0 Å². The topological polar surface area (TPSA) is 172 Å². The number of nitrogens with zero attached hydrogens (tertiary/aromatic N) is 5. The first kappa shape index (κ1) is 22.5. The van der Waals surface area contributed by atoms with Gasteiger partial charge in [0.25, 0.3) is 11.2 Å². The van der Waals surface area contributed by atoms with E-state index in [1.54, 1.807) is 37.3 Å². The Kier molecular flexibility index (Phi) is 5.75. The van der Waals surface area contributed by atoms with Crippen LogP contribution in [0.2, 0.25) is 5.02 Å². The maximum Gasteiger partial charge on any atom is 0.268 e. The third-order valence-corrected chi connectivity index (χ3v) is 5.36. The molecule has 11 nitrogen and oxygen atoms in total. The van der Waals surface area contributed by atoms with Gasteiger partial charge in [0.05, 0.1) is 34.2 Å². The molecule has 2 heterocycles. The zero-order valence-corrected chi connectivity index (χ0v) is 18.5. The predicted molar refractivity (Wildman–Crippen MR) is 130 cm³/mol. The van der Waals surface area contributed by atoms with Crippen LogP contribution in [0.25, 0.3) is 21.4 Å². The number of amides is 1.